The summed E-state index contributed by atoms with van der Waals surface area (Å²) in [6.45, 7) is 3.35. The lowest BCUT2D eigenvalue weighted by molar-refractivity contribution is -0.133. The van der Waals surface area contributed by atoms with Gasteiger partial charge in [-0.25, -0.2) is 9.59 Å². The highest BCUT2D eigenvalue weighted by Gasteiger charge is 2.06. The molecule has 5 nitrogen and oxygen atoms in total. The Balaban J connectivity index is 5.29. The lowest BCUT2D eigenvalue weighted by atomic mass is 10.1. The number of allylic oxidation sites excluding steroid dienone is 4. The Bertz CT molecular complexity index is 464. The Morgan fingerprint density at radius 2 is 1.56 bits per heavy atom. The molecule has 0 saturated heterocycles. The maximum absolute atomic E-state index is 10.8. The second-order valence-electron chi connectivity index (χ2n) is 3.41. The molecule has 0 aromatic rings. The van der Waals surface area contributed by atoms with Crippen molar-refractivity contribution in [3.05, 3.63) is 34.9 Å². The molecular formula is C13H15NO4. The van der Waals surface area contributed by atoms with Crippen molar-refractivity contribution < 1.29 is 19.8 Å². The molecule has 96 valence electrons. The highest BCUT2D eigenvalue weighted by atomic mass is 16.4. The fraction of sp³-hybridized carbons (Fsp3) is 0.308. The number of carboxylic acid groups (broad SMARTS) is 2. The monoisotopic (exact) mass is 249 g/mol. The molecule has 0 atom stereocenters. The van der Waals surface area contributed by atoms with Gasteiger partial charge in [0.25, 0.3) is 0 Å². The van der Waals surface area contributed by atoms with Gasteiger partial charge in [0.05, 0.1) is 11.6 Å². The summed E-state index contributed by atoms with van der Waals surface area (Å²) in [7, 11) is 0. The number of carboxylic acids is 2. The molecular weight excluding hydrogens is 234 g/mol. The van der Waals surface area contributed by atoms with E-state index in [2.05, 4.69) is 0 Å². The summed E-state index contributed by atoms with van der Waals surface area (Å²) in [5.41, 5.74) is 0.371. The molecule has 0 aliphatic carbocycles. The molecule has 0 unspecified atom stereocenters. The van der Waals surface area contributed by atoms with Gasteiger partial charge in [0.1, 0.15) is 0 Å². The summed E-state index contributed by atoms with van der Waals surface area (Å²) in [4.78, 5) is 21.5. The van der Waals surface area contributed by atoms with Gasteiger partial charge in [-0.2, -0.15) is 5.26 Å². The van der Waals surface area contributed by atoms with Crippen molar-refractivity contribution in [2.45, 2.75) is 26.7 Å². The van der Waals surface area contributed by atoms with E-state index in [1.54, 1.807) is 13.8 Å². The Hall–Kier alpha value is -2.35. The van der Waals surface area contributed by atoms with Crippen LogP contribution in [0, 0.1) is 11.3 Å². The second kappa shape index (κ2) is 7.85. The Kier molecular flexibility index (Phi) is 6.82. The standard InChI is InChI=1S/C13H15NO4/c1-3-10(12(15)16)6-5-9(8-14)7-11(4-2)13(17)18/h5-7H,3-4H2,1-2H3,(H,15,16)(H,17,18). The quantitative estimate of drug-likeness (QED) is 0.427. The van der Waals surface area contributed by atoms with Crippen LogP contribution in [0.5, 0.6) is 0 Å². The number of hydrogen-bond acceptors (Lipinski definition) is 3. The molecule has 0 fully saturated rings. The summed E-state index contributed by atoms with van der Waals surface area (Å²) in [6, 6.07) is 1.82. The number of nitriles is 1. The molecule has 0 radical (unpaired) electrons. The zero-order valence-corrected chi connectivity index (χ0v) is 10.3. The zero-order valence-electron chi connectivity index (χ0n) is 10.3. The van der Waals surface area contributed by atoms with Crippen LogP contribution in [0.25, 0.3) is 0 Å². The molecule has 0 bridgehead atoms. The van der Waals surface area contributed by atoms with Crippen LogP contribution in [-0.2, 0) is 9.59 Å². The van der Waals surface area contributed by atoms with Crippen LogP contribution in [0.1, 0.15) is 26.7 Å². The van der Waals surface area contributed by atoms with Crippen LogP contribution in [0.3, 0.4) is 0 Å². The largest absolute Gasteiger partial charge is 0.478 e. The highest BCUT2D eigenvalue weighted by Crippen LogP contribution is 2.08. The van der Waals surface area contributed by atoms with Crippen molar-refractivity contribution in [3.8, 4) is 6.07 Å². The first kappa shape index (κ1) is 15.7. The molecule has 0 rings (SSSR count). The van der Waals surface area contributed by atoms with Gasteiger partial charge in [-0.15, -0.1) is 0 Å². The minimum absolute atomic E-state index is 0.101. The third-order valence-corrected chi connectivity index (χ3v) is 2.23. The first-order chi connectivity index (χ1) is 8.46. The molecule has 0 heterocycles. The number of nitrogens with zero attached hydrogens (tertiary/aromatic N) is 1. The summed E-state index contributed by atoms with van der Waals surface area (Å²) in [5, 5.41) is 26.4. The van der Waals surface area contributed by atoms with Crippen LogP contribution in [0.4, 0.5) is 0 Å². The number of carbonyl (C=O) groups is 2. The van der Waals surface area contributed by atoms with Gasteiger partial charge in [0.15, 0.2) is 0 Å². The first-order valence-corrected chi connectivity index (χ1v) is 5.44. The van der Waals surface area contributed by atoms with E-state index in [1.807, 2.05) is 6.07 Å². The third kappa shape index (κ3) is 5.12. The van der Waals surface area contributed by atoms with Crippen LogP contribution >= 0.6 is 0 Å². The van der Waals surface area contributed by atoms with Gasteiger partial charge in [0, 0.05) is 11.1 Å². The number of aliphatic carboxylic acids is 2. The Morgan fingerprint density at radius 1 is 1.06 bits per heavy atom. The number of hydrogen-bond donors (Lipinski definition) is 2. The average molecular weight is 249 g/mol. The summed E-state index contributed by atoms with van der Waals surface area (Å²) in [6.07, 6.45) is 4.48. The molecule has 0 aliphatic heterocycles. The normalized spacial score (nSPS) is 13.1. The summed E-state index contributed by atoms with van der Waals surface area (Å²) >= 11 is 0. The van der Waals surface area contributed by atoms with E-state index in [4.69, 9.17) is 15.5 Å². The van der Waals surface area contributed by atoms with E-state index < -0.39 is 11.9 Å². The lowest BCUT2D eigenvalue weighted by Gasteiger charge is -1.97. The van der Waals surface area contributed by atoms with E-state index >= 15 is 0 Å². The van der Waals surface area contributed by atoms with E-state index in [0.717, 1.165) is 0 Å². The van der Waals surface area contributed by atoms with Gasteiger partial charge in [-0.1, -0.05) is 19.9 Å². The molecule has 0 aliphatic rings. The van der Waals surface area contributed by atoms with Crippen molar-refractivity contribution in [2.24, 2.45) is 0 Å². The minimum atomic E-state index is -1.09. The maximum Gasteiger partial charge on any atom is 0.331 e. The molecule has 0 spiro atoms. The van der Waals surface area contributed by atoms with Crippen LogP contribution in [0.15, 0.2) is 34.9 Å². The van der Waals surface area contributed by atoms with Gasteiger partial charge in [-0.3, -0.25) is 0 Å². The number of rotatable bonds is 6. The van der Waals surface area contributed by atoms with E-state index in [0.29, 0.717) is 6.42 Å². The first-order valence-electron chi connectivity index (χ1n) is 5.44. The molecule has 18 heavy (non-hydrogen) atoms. The van der Waals surface area contributed by atoms with Crippen molar-refractivity contribution in [3.63, 3.8) is 0 Å². The predicted molar refractivity (Wildman–Crippen MR) is 65.7 cm³/mol. The predicted octanol–water partition coefficient (Wildman–Crippen LogP) is 2.28. The van der Waals surface area contributed by atoms with Crippen molar-refractivity contribution >= 4 is 11.9 Å². The van der Waals surface area contributed by atoms with Crippen molar-refractivity contribution in [1.82, 2.24) is 0 Å². The minimum Gasteiger partial charge on any atom is -0.478 e. The van der Waals surface area contributed by atoms with Gasteiger partial charge in [-0.05, 0) is 25.0 Å². The maximum atomic E-state index is 10.8. The molecule has 2 N–H and O–H groups in total. The molecule has 5 heteroatoms. The van der Waals surface area contributed by atoms with Crippen molar-refractivity contribution in [2.75, 3.05) is 0 Å². The van der Waals surface area contributed by atoms with E-state index in [-0.39, 0.29) is 23.1 Å². The SMILES string of the molecule is CCC(=CC=C(C#N)C=C(CC)C(=O)O)C(=O)O. The fourth-order valence-corrected chi connectivity index (χ4v) is 1.15. The van der Waals surface area contributed by atoms with Crippen molar-refractivity contribution in [1.29, 1.82) is 5.26 Å². The third-order valence-electron chi connectivity index (χ3n) is 2.23. The van der Waals surface area contributed by atoms with Gasteiger partial charge in [0.2, 0.25) is 0 Å². The zero-order chi connectivity index (χ0) is 14.1. The Labute approximate surface area is 105 Å². The summed E-state index contributed by atoms with van der Waals surface area (Å²) in [5.74, 6) is -2.14. The molecule has 0 amide bonds. The van der Waals surface area contributed by atoms with Crippen LogP contribution < -0.4 is 0 Å². The molecule has 0 aromatic heterocycles. The van der Waals surface area contributed by atoms with Gasteiger partial charge < -0.3 is 10.2 Å². The second-order valence-corrected chi connectivity index (χ2v) is 3.41. The molecule has 0 saturated carbocycles. The average Bonchev–Trinajstić information content (AvgIpc) is 2.32. The smallest absolute Gasteiger partial charge is 0.331 e. The highest BCUT2D eigenvalue weighted by molar-refractivity contribution is 5.88. The van der Waals surface area contributed by atoms with Crippen LogP contribution in [-0.4, -0.2) is 22.2 Å². The lowest BCUT2D eigenvalue weighted by Crippen LogP contribution is -2.00. The van der Waals surface area contributed by atoms with Crippen LogP contribution in [0.2, 0.25) is 0 Å². The Morgan fingerprint density at radius 3 is 1.89 bits per heavy atom. The van der Waals surface area contributed by atoms with E-state index in [9.17, 15) is 9.59 Å². The fourth-order valence-electron chi connectivity index (χ4n) is 1.15. The molecule has 0 aromatic carbocycles. The summed E-state index contributed by atoms with van der Waals surface area (Å²) < 4.78 is 0. The van der Waals surface area contributed by atoms with Gasteiger partial charge >= 0.3 is 11.9 Å². The topological polar surface area (TPSA) is 98.4 Å². The van der Waals surface area contributed by atoms with E-state index in [1.165, 1.54) is 18.2 Å².